The zero-order valence-electron chi connectivity index (χ0n) is 17.0. The second kappa shape index (κ2) is 8.36. The Morgan fingerprint density at radius 2 is 1.83 bits per heavy atom. The van der Waals surface area contributed by atoms with Crippen molar-refractivity contribution in [2.45, 2.75) is 31.0 Å². The van der Waals surface area contributed by atoms with Crippen molar-refractivity contribution in [2.24, 2.45) is 0 Å². The Hall–Kier alpha value is -3.06. The second-order valence-corrected chi connectivity index (χ2v) is 8.49. The lowest BCUT2D eigenvalue weighted by Crippen LogP contribution is -2.23. The number of benzene rings is 2. The van der Waals surface area contributed by atoms with Crippen LogP contribution in [0.5, 0.6) is 11.5 Å². The maximum absolute atomic E-state index is 13.0. The van der Waals surface area contributed by atoms with Crippen molar-refractivity contribution in [2.75, 3.05) is 13.2 Å². The van der Waals surface area contributed by atoms with Crippen LogP contribution in [0.4, 0.5) is 0 Å². The highest BCUT2D eigenvalue weighted by atomic mass is 32.2. The van der Waals surface area contributed by atoms with Gasteiger partial charge >= 0.3 is 0 Å². The van der Waals surface area contributed by atoms with Gasteiger partial charge in [0, 0.05) is 24.0 Å². The summed E-state index contributed by atoms with van der Waals surface area (Å²) in [6.45, 7) is 6.77. The summed E-state index contributed by atoms with van der Waals surface area (Å²) in [6, 6.07) is 11.0. The van der Waals surface area contributed by atoms with Crippen molar-refractivity contribution >= 4 is 17.5 Å². The Labute approximate surface area is 178 Å². The average molecular weight is 423 g/mol. The minimum Gasteiger partial charge on any atom is -0.486 e. The van der Waals surface area contributed by atoms with Crippen molar-refractivity contribution in [3.05, 3.63) is 75.8 Å². The molecule has 30 heavy (non-hydrogen) atoms. The first kappa shape index (κ1) is 20.2. The van der Waals surface area contributed by atoms with E-state index in [1.165, 1.54) is 16.3 Å². The first-order valence-electron chi connectivity index (χ1n) is 9.70. The molecule has 0 aliphatic carbocycles. The van der Waals surface area contributed by atoms with Crippen molar-refractivity contribution in [3.8, 4) is 17.2 Å². The Morgan fingerprint density at radius 1 is 1.07 bits per heavy atom. The van der Waals surface area contributed by atoms with Crippen LogP contribution in [0.15, 0.2) is 58.6 Å². The number of carbonyl (C=O) groups is 1. The second-order valence-electron chi connectivity index (χ2n) is 7.16. The number of thioether (sulfide) groups is 1. The van der Waals surface area contributed by atoms with Crippen LogP contribution in [0, 0.1) is 13.8 Å². The molecule has 0 bridgehead atoms. The molecule has 1 aromatic heterocycles. The fraction of sp³-hybridized carbons (Fsp3) is 0.261. The molecule has 2 aromatic carbocycles. The van der Waals surface area contributed by atoms with Crippen LogP contribution >= 0.6 is 11.8 Å². The summed E-state index contributed by atoms with van der Waals surface area (Å²) < 4.78 is 12.7. The molecule has 1 aliphatic rings. The van der Waals surface area contributed by atoms with Crippen molar-refractivity contribution in [3.63, 3.8) is 0 Å². The molecule has 1 atom stereocenters. The van der Waals surface area contributed by atoms with Crippen LogP contribution < -0.4 is 15.0 Å². The van der Waals surface area contributed by atoms with E-state index in [-0.39, 0.29) is 16.4 Å². The number of rotatable bonds is 5. The van der Waals surface area contributed by atoms with Crippen LogP contribution in [0.1, 0.15) is 28.4 Å². The SMILES string of the molecule is Cc1ccc(C(=O)[C@@H](C)Sc2nccn(-c3ccc4c(c3)OCCO4)c2=O)cc1C. The number of ketones is 1. The number of carbonyl (C=O) groups excluding carboxylic acids is 1. The van der Waals surface area contributed by atoms with E-state index in [2.05, 4.69) is 4.98 Å². The summed E-state index contributed by atoms with van der Waals surface area (Å²) in [5.74, 6) is 1.24. The molecule has 154 valence electrons. The molecular formula is C23H22N2O4S. The summed E-state index contributed by atoms with van der Waals surface area (Å²) in [6.07, 6.45) is 3.17. The number of hydrogen-bond acceptors (Lipinski definition) is 6. The normalized spacial score (nSPS) is 13.7. The van der Waals surface area contributed by atoms with Gasteiger partial charge in [0.15, 0.2) is 22.3 Å². The molecule has 7 heteroatoms. The molecule has 4 rings (SSSR count). The summed E-state index contributed by atoms with van der Waals surface area (Å²) in [4.78, 5) is 30.1. The largest absolute Gasteiger partial charge is 0.486 e. The smallest absolute Gasteiger partial charge is 0.287 e. The molecular weight excluding hydrogens is 400 g/mol. The van der Waals surface area contributed by atoms with Crippen LogP contribution in [0.3, 0.4) is 0 Å². The average Bonchev–Trinajstić information content (AvgIpc) is 2.76. The van der Waals surface area contributed by atoms with Gasteiger partial charge in [0.1, 0.15) is 13.2 Å². The van der Waals surface area contributed by atoms with E-state index in [0.29, 0.717) is 36.0 Å². The lowest BCUT2D eigenvalue weighted by atomic mass is 10.0. The fourth-order valence-electron chi connectivity index (χ4n) is 3.21. The molecule has 0 spiro atoms. The minimum absolute atomic E-state index is 0.0287. The molecule has 0 saturated heterocycles. The molecule has 2 heterocycles. The van der Waals surface area contributed by atoms with E-state index in [1.807, 2.05) is 32.0 Å². The van der Waals surface area contributed by atoms with E-state index in [4.69, 9.17) is 9.47 Å². The first-order chi connectivity index (χ1) is 14.4. The van der Waals surface area contributed by atoms with Crippen LogP contribution in [0.2, 0.25) is 0 Å². The lowest BCUT2D eigenvalue weighted by molar-refractivity contribution is 0.0994. The third kappa shape index (κ3) is 3.98. The van der Waals surface area contributed by atoms with E-state index >= 15 is 0 Å². The van der Waals surface area contributed by atoms with Gasteiger partial charge in [0.05, 0.1) is 10.9 Å². The molecule has 0 radical (unpaired) electrons. The summed E-state index contributed by atoms with van der Waals surface area (Å²) in [5.41, 5.74) is 3.22. The highest BCUT2D eigenvalue weighted by molar-refractivity contribution is 8.00. The molecule has 0 fully saturated rings. The van der Waals surface area contributed by atoms with Gasteiger partial charge in [-0.3, -0.25) is 14.2 Å². The third-order valence-electron chi connectivity index (χ3n) is 5.06. The topological polar surface area (TPSA) is 70.4 Å². The van der Waals surface area contributed by atoms with Crippen LogP contribution in [0.25, 0.3) is 5.69 Å². The van der Waals surface area contributed by atoms with Gasteiger partial charge in [-0.25, -0.2) is 4.98 Å². The molecule has 3 aromatic rings. The quantitative estimate of drug-likeness (QED) is 0.458. The predicted octanol–water partition coefficient (Wildman–Crippen LogP) is 3.98. The Kier molecular flexibility index (Phi) is 5.63. The summed E-state index contributed by atoms with van der Waals surface area (Å²) >= 11 is 1.17. The van der Waals surface area contributed by atoms with E-state index in [0.717, 1.165) is 11.1 Å². The maximum atomic E-state index is 13.0. The molecule has 6 nitrogen and oxygen atoms in total. The van der Waals surface area contributed by atoms with Crippen molar-refractivity contribution in [1.29, 1.82) is 0 Å². The monoisotopic (exact) mass is 422 g/mol. The number of ether oxygens (including phenoxy) is 2. The van der Waals surface area contributed by atoms with E-state index in [1.54, 1.807) is 37.5 Å². The van der Waals surface area contributed by atoms with Crippen molar-refractivity contribution < 1.29 is 14.3 Å². The Bertz CT molecular complexity index is 1170. The van der Waals surface area contributed by atoms with Gasteiger partial charge in [0.2, 0.25) is 0 Å². The summed E-state index contributed by atoms with van der Waals surface area (Å²) in [7, 11) is 0. The van der Waals surface area contributed by atoms with Gasteiger partial charge in [-0.1, -0.05) is 23.9 Å². The zero-order chi connectivity index (χ0) is 21.3. The number of Topliss-reactive ketones (excluding diaryl/α,β-unsaturated/α-hetero) is 1. The number of fused-ring (bicyclic) bond motifs is 1. The highest BCUT2D eigenvalue weighted by Gasteiger charge is 2.20. The van der Waals surface area contributed by atoms with Gasteiger partial charge in [0.25, 0.3) is 5.56 Å². The fourth-order valence-corrected chi connectivity index (χ4v) is 4.11. The summed E-state index contributed by atoms with van der Waals surface area (Å²) in [5, 5.41) is -0.166. The van der Waals surface area contributed by atoms with Crippen molar-refractivity contribution in [1.82, 2.24) is 9.55 Å². The molecule has 0 unspecified atom stereocenters. The minimum atomic E-state index is -0.441. The zero-order valence-corrected chi connectivity index (χ0v) is 17.9. The number of hydrogen-bond donors (Lipinski definition) is 0. The lowest BCUT2D eigenvalue weighted by Gasteiger charge is -2.19. The number of aromatic nitrogens is 2. The molecule has 0 saturated carbocycles. The van der Waals surface area contributed by atoms with Gasteiger partial charge in [-0.2, -0.15) is 0 Å². The van der Waals surface area contributed by atoms with Gasteiger partial charge in [-0.15, -0.1) is 0 Å². The third-order valence-corrected chi connectivity index (χ3v) is 6.13. The Balaban J connectivity index is 1.59. The Morgan fingerprint density at radius 3 is 2.60 bits per heavy atom. The van der Waals surface area contributed by atoms with E-state index < -0.39 is 5.25 Å². The van der Waals surface area contributed by atoms with Gasteiger partial charge in [-0.05, 0) is 50.1 Å². The highest BCUT2D eigenvalue weighted by Crippen LogP contribution is 2.32. The number of aryl methyl sites for hydroxylation is 2. The molecule has 1 aliphatic heterocycles. The predicted molar refractivity (Wildman–Crippen MR) is 116 cm³/mol. The number of nitrogens with zero attached hydrogens (tertiary/aromatic N) is 2. The first-order valence-corrected chi connectivity index (χ1v) is 10.6. The maximum Gasteiger partial charge on any atom is 0.287 e. The van der Waals surface area contributed by atoms with E-state index in [9.17, 15) is 9.59 Å². The standard InChI is InChI=1S/C23H22N2O4S/c1-14-4-5-17(12-15(14)2)21(26)16(3)30-22-23(27)25(9-8-24-22)18-6-7-19-20(13-18)29-11-10-28-19/h4-9,12-13,16H,10-11H2,1-3H3/t16-/m1/s1. The van der Waals surface area contributed by atoms with Gasteiger partial charge < -0.3 is 9.47 Å². The van der Waals surface area contributed by atoms with Crippen LogP contribution in [-0.4, -0.2) is 33.8 Å². The molecule has 0 amide bonds. The molecule has 0 N–H and O–H groups in total. The van der Waals surface area contributed by atoms with Crippen LogP contribution in [-0.2, 0) is 0 Å².